The van der Waals surface area contributed by atoms with Crippen LogP contribution in [0.3, 0.4) is 0 Å². The van der Waals surface area contributed by atoms with Gasteiger partial charge in [-0.3, -0.25) is 9.69 Å². The Morgan fingerprint density at radius 1 is 1.27 bits per heavy atom. The molecule has 2 N–H and O–H groups in total. The monoisotopic (exact) mass is 359 g/mol. The zero-order chi connectivity index (χ0) is 19.0. The first-order valence-electron chi connectivity index (χ1n) is 7.75. The lowest BCUT2D eigenvalue weighted by Crippen LogP contribution is -2.63. The summed E-state index contributed by atoms with van der Waals surface area (Å²) < 4.78 is 9.36. The van der Waals surface area contributed by atoms with E-state index in [1.54, 1.807) is 31.1 Å². The number of phenolic OH excluding ortho intramolecular Hbond substituents is 1. The second kappa shape index (κ2) is 6.41. The van der Waals surface area contributed by atoms with Gasteiger partial charge in [0.15, 0.2) is 11.5 Å². The first kappa shape index (κ1) is 17.3. The van der Waals surface area contributed by atoms with Gasteiger partial charge < -0.3 is 9.84 Å². The number of guanidine groups is 1. The second-order valence-corrected chi connectivity index (χ2v) is 5.85. The van der Waals surface area contributed by atoms with Crippen molar-refractivity contribution in [2.75, 3.05) is 28.3 Å². The predicted molar refractivity (Wildman–Crippen MR) is 95.0 cm³/mol. The van der Waals surface area contributed by atoms with E-state index in [1.807, 2.05) is 0 Å². The highest BCUT2D eigenvalue weighted by atomic mass is 16.5. The van der Waals surface area contributed by atoms with E-state index in [0.717, 1.165) is 4.90 Å². The number of likely N-dealkylation sites (N-methyl/N-ethyl adjacent to an activating group) is 3. The van der Waals surface area contributed by atoms with Crippen molar-refractivity contribution < 1.29 is 19.4 Å². The Bertz CT molecular complexity index is 873. The van der Waals surface area contributed by atoms with E-state index >= 15 is 0 Å². The number of carbonyl (C=O) groups is 2. The van der Waals surface area contributed by atoms with Crippen LogP contribution in [0.4, 0.5) is 4.79 Å². The summed E-state index contributed by atoms with van der Waals surface area (Å²) in [6, 6.07) is 3.69. The molecule has 10 nitrogen and oxygen atoms in total. The summed E-state index contributed by atoms with van der Waals surface area (Å²) in [6.07, 6.45) is 1.52. The smallest absolute Gasteiger partial charge is 0.421 e. The second-order valence-electron chi connectivity index (χ2n) is 5.85. The van der Waals surface area contributed by atoms with Gasteiger partial charge in [-0.25, -0.2) is 19.3 Å². The van der Waals surface area contributed by atoms with Gasteiger partial charge in [-0.2, -0.15) is 5.43 Å². The molecule has 0 saturated carbocycles. The number of urea groups is 1. The van der Waals surface area contributed by atoms with Crippen molar-refractivity contribution in [1.29, 1.82) is 0 Å². The van der Waals surface area contributed by atoms with Crippen LogP contribution in [0.2, 0.25) is 0 Å². The zero-order valence-electron chi connectivity index (χ0n) is 14.8. The number of nitrogens with zero attached hydrogens (tertiary/aromatic N) is 5. The number of imide groups is 1. The molecule has 136 valence electrons. The highest BCUT2D eigenvalue weighted by molar-refractivity contribution is 6.23. The number of hydrazone groups is 1. The van der Waals surface area contributed by atoms with Crippen molar-refractivity contribution in [3.63, 3.8) is 0 Å². The minimum absolute atomic E-state index is 0.0355. The number of hydrogen-bond acceptors (Lipinski definition) is 7. The van der Waals surface area contributed by atoms with Gasteiger partial charge in [-0.1, -0.05) is 0 Å². The summed E-state index contributed by atoms with van der Waals surface area (Å²) in [6.45, 7) is 0. The number of amidine groups is 1. The fraction of sp³-hybridized carbons (Fsp3) is 0.312. The van der Waals surface area contributed by atoms with E-state index in [1.165, 1.54) is 31.3 Å². The molecule has 26 heavy (non-hydrogen) atoms. The lowest BCUT2D eigenvalue weighted by Gasteiger charge is -2.30. The number of ether oxygens (including phenoxy) is 1. The number of methoxy groups -OCH3 is 1. The Kier molecular flexibility index (Phi) is 4.27. The lowest BCUT2D eigenvalue weighted by molar-refractivity contribution is -0.130. The molecule has 1 unspecified atom stereocenters. The number of phenols is 1. The Balaban J connectivity index is 1.79. The van der Waals surface area contributed by atoms with Gasteiger partial charge >= 0.3 is 17.8 Å². The Morgan fingerprint density at radius 3 is 2.69 bits per heavy atom. The fourth-order valence-electron chi connectivity index (χ4n) is 2.72. The third kappa shape index (κ3) is 2.72. The molecule has 0 aliphatic carbocycles. The molecule has 3 rings (SSSR count). The molecular formula is C16H19N6O4+. The summed E-state index contributed by atoms with van der Waals surface area (Å²) in [4.78, 5) is 28.4. The Morgan fingerprint density at radius 2 is 2.00 bits per heavy atom. The molecule has 3 amide bonds. The summed E-state index contributed by atoms with van der Waals surface area (Å²) >= 11 is 0. The average Bonchev–Trinajstić information content (AvgIpc) is 2.96. The number of hydrogen-bond donors (Lipinski definition) is 2. The standard InChI is InChI=1S/C16H18N6O4/c1-20-12-13(21(2)16(25)22(3)14(12)24)18-15(20)19-17-8-9-5-6-10(23)11(7-9)26-4/h5-8,12H,1-4H3,(H,17,23)/p+1. The number of nitrogens with one attached hydrogen (secondary N) is 1. The van der Waals surface area contributed by atoms with E-state index in [-0.39, 0.29) is 11.7 Å². The number of benzene rings is 1. The lowest BCUT2D eigenvalue weighted by atomic mass is 10.1. The van der Waals surface area contributed by atoms with Crippen molar-refractivity contribution in [2.45, 2.75) is 6.04 Å². The Labute approximate surface area is 149 Å². The van der Waals surface area contributed by atoms with Crippen LogP contribution in [0.25, 0.3) is 0 Å². The van der Waals surface area contributed by atoms with Crippen LogP contribution in [-0.4, -0.2) is 84.0 Å². The van der Waals surface area contributed by atoms with Crippen molar-refractivity contribution in [1.82, 2.24) is 24.8 Å². The van der Waals surface area contributed by atoms with E-state index < -0.39 is 12.1 Å². The van der Waals surface area contributed by atoms with E-state index in [4.69, 9.17) is 4.74 Å². The van der Waals surface area contributed by atoms with Crippen LogP contribution in [0.5, 0.6) is 11.5 Å². The summed E-state index contributed by atoms with van der Waals surface area (Å²) in [5.41, 5.74) is 3.47. The van der Waals surface area contributed by atoms with Gasteiger partial charge in [0.2, 0.25) is 6.04 Å². The van der Waals surface area contributed by atoms with Crippen molar-refractivity contribution >= 4 is 29.9 Å². The van der Waals surface area contributed by atoms with Gasteiger partial charge in [0.1, 0.15) is 0 Å². The number of aromatic hydroxyl groups is 1. The minimum atomic E-state index is -0.672. The molecule has 1 aromatic rings. The molecule has 1 atom stereocenters. The third-order valence-corrected chi connectivity index (χ3v) is 4.25. The van der Waals surface area contributed by atoms with Crippen LogP contribution in [0.1, 0.15) is 5.56 Å². The molecule has 2 aliphatic heterocycles. The quantitative estimate of drug-likeness (QED) is 0.406. The van der Waals surface area contributed by atoms with E-state index in [2.05, 4.69) is 15.2 Å². The molecule has 0 aromatic heterocycles. The maximum Gasteiger partial charge on any atom is 0.421 e. The van der Waals surface area contributed by atoms with E-state index in [0.29, 0.717) is 23.1 Å². The van der Waals surface area contributed by atoms with Crippen LogP contribution in [-0.2, 0) is 4.79 Å². The predicted octanol–water partition coefficient (Wildman–Crippen LogP) is -1.02. The molecule has 1 saturated heterocycles. The topological polar surface area (TPSA) is 112 Å². The summed E-state index contributed by atoms with van der Waals surface area (Å²) in [7, 11) is 6.16. The van der Waals surface area contributed by atoms with Gasteiger partial charge in [-0.05, 0) is 23.8 Å². The fourth-order valence-corrected chi connectivity index (χ4v) is 2.72. The first-order valence-corrected chi connectivity index (χ1v) is 7.75. The molecule has 0 spiro atoms. The summed E-state index contributed by atoms with van der Waals surface area (Å²) in [5.74, 6) is 0.714. The van der Waals surface area contributed by atoms with E-state index in [9.17, 15) is 14.7 Å². The van der Waals surface area contributed by atoms with Crippen molar-refractivity contribution in [3.8, 4) is 11.5 Å². The van der Waals surface area contributed by atoms with Crippen molar-refractivity contribution in [2.24, 2.45) is 5.10 Å². The van der Waals surface area contributed by atoms with Crippen LogP contribution < -0.4 is 14.8 Å². The molecule has 2 heterocycles. The molecule has 2 aliphatic rings. The Hall–Kier alpha value is -3.52. The normalized spacial score (nSPS) is 19.7. The first-order chi connectivity index (χ1) is 12.3. The van der Waals surface area contributed by atoms with Gasteiger partial charge in [0, 0.05) is 14.1 Å². The molecule has 10 heteroatoms. The SMILES string of the molecule is COc1cc(/C=N/NC2=[N+]=C3C(C(=O)N(C)C(=O)N3C)N2C)ccc1O. The number of fused-ring (bicyclic) bond motifs is 1. The summed E-state index contributed by atoms with van der Waals surface area (Å²) in [5, 5.41) is 13.7. The molecule has 1 aromatic carbocycles. The minimum Gasteiger partial charge on any atom is -0.504 e. The maximum absolute atomic E-state index is 12.4. The average molecular weight is 359 g/mol. The van der Waals surface area contributed by atoms with Crippen molar-refractivity contribution in [3.05, 3.63) is 23.8 Å². The number of rotatable bonds is 3. The highest BCUT2D eigenvalue weighted by Gasteiger charge is 2.53. The largest absolute Gasteiger partial charge is 0.504 e. The third-order valence-electron chi connectivity index (χ3n) is 4.25. The van der Waals surface area contributed by atoms with Crippen LogP contribution in [0, 0.1) is 0 Å². The molecule has 0 radical (unpaired) electrons. The van der Waals surface area contributed by atoms with Gasteiger partial charge in [0.25, 0.3) is 5.91 Å². The number of carbonyl (C=O) groups excluding carboxylic acids is 2. The highest BCUT2D eigenvalue weighted by Crippen LogP contribution is 2.25. The van der Waals surface area contributed by atoms with Gasteiger partial charge in [-0.15, -0.1) is 5.10 Å². The van der Waals surface area contributed by atoms with Gasteiger partial charge in [0.05, 0.1) is 20.4 Å². The van der Waals surface area contributed by atoms with Crippen LogP contribution in [0.15, 0.2) is 23.3 Å². The maximum atomic E-state index is 12.4. The molecule has 1 fully saturated rings. The molecular weight excluding hydrogens is 340 g/mol. The zero-order valence-corrected chi connectivity index (χ0v) is 14.8. The molecule has 0 bridgehead atoms. The van der Waals surface area contributed by atoms with Crippen LogP contribution >= 0.6 is 0 Å². The number of amides is 3.